The van der Waals surface area contributed by atoms with E-state index in [2.05, 4.69) is 5.32 Å². The number of amides is 1. The highest BCUT2D eigenvalue weighted by molar-refractivity contribution is 7.21. The van der Waals surface area contributed by atoms with Crippen LogP contribution in [0.25, 0.3) is 10.1 Å². The smallest absolute Gasteiger partial charge is 0.350 e. The van der Waals surface area contributed by atoms with Crippen LogP contribution in [0.4, 0.5) is 4.39 Å². The maximum absolute atomic E-state index is 13.3. The number of halogens is 2. The van der Waals surface area contributed by atoms with E-state index in [1.165, 1.54) is 37.5 Å². The zero-order chi connectivity index (χ0) is 18.5. The van der Waals surface area contributed by atoms with Crippen molar-refractivity contribution in [1.29, 1.82) is 0 Å². The number of carbonyl (C=O) groups is 2. The van der Waals surface area contributed by atoms with Gasteiger partial charge < -0.3 is 10.1 Å². The van der Waals surface area contributed by atoms with Gasteiger partial charge in [-0.15, -0.1) is 11.3 Å². The minimum atomic E-state index is -0.663. The van der Waals surface area contributed by atoms with E-state index in [1.807, 2.05) is 0 Å². The fraction of sp³-hybridized carbons (Fsp3) is 0.474. The van der Waals surface area contributed by atoms with E-state index in [0.717, 1.165) is 37.0 Å². The summed E-state index contributed by atoms with van der Waals surface area (Å²) in [6.07, 6.45) is 7.81. The number of nitrogens with one attached hydrogen (secondary N) is 1. The number of hydrogen-bond acceptors (Lipinski definition) is 4. The molecule has 0 radical (unpaired) electrons. The molecule has 3 rings (SSSR count). The molecule has 1 fully saturated rings. The zero-order valence-corrected chi connectivity index (χ0v) is 15.9. The van der Waals surface area contributed by atoms with Crippen LogP contribution >= 0.6 is 22.9 Å². The van der Waals surface area contributed by atoms with Gasteiger partial charge in [0.1, 0.15) is 10.7 Å². The van der Waals surface area contributed by atoms with Crippen LogP contribution in [0, 0.1) is 5.82 Å². The van der Waals surface area contributed by atoms with E-state index in [9.17, 15) is 14.0 Å². The summed E-state index contributed by atoms with van der Waals surface area (Å²) < 4.78 is 19.0. The molecule has 0 atom stereocenters. The number of fused-ring (bicyclic) bond motifs is 1. The van der Waals surface area contributed by atoms with Gasteiger partial charge >= 0.3 is 5.97 Å². The van der Waals surface area contributed by atoms with Crippen LogP contribution < -0.4 is 5.32 Å². The SMILES string of the molecule is O=C(COC(=O)c1sc2cc(F)ccc2c1Cl)NC1CCCCCCC1. The summed E-state index contributed by atoms with van der Waals surface area (Å²) in [5.74, 6) is -1.36. The average Bonchev–Trinajstić information content (AvgIpc) is 2.91. The number of benzene rings is 1. The Hall–Kier alpha value is -1.66. The van der Waals surface area contributed by atoms with Crippen molar-refractivity contribution in [2.24, 2.45) is 0 Å². The van der Waals surface area contributed by atoms with E-state index in [-0.39, 0.29) is 28.5 Å². The molecule has 0 bridgehead atoms. The first-order valence-electron chi connectivity index (χ1n) is 8.88. The Bertz CT molecular complexity index is 799. The summed E-state index contributed by atoms with van der Waals surface area (Å²) in [6, 6.07) is 4.29. The van der Waals surface area contributed by atoms with Crippen LogP contribution in [-0.4, -0.2) is 24.5 Å². The summed E-state index contributed by atoms with van der Waals surface area (Å²) in [5, 5.41) is 3.78. The van der Waals surface area contributed by atoms with Gasteiger partial charge in [0.15, 0.2) is 6.61 Å². The maximum Gasteiger partial charge on any atom is 0.350 e. The molecule has 7 heteroatoms. The molecule has 26 heavy (non-hydrogen) atoms. The summed E-state index contributed by atoms with van der Waals surface area (Å²) in [6.45, 7) is -0.339. The third kappa shape index (κ3) is 4.74. The van der Waals surface area contributed by atoms with Crippen molar-refractivity contribution < 1.29 is 18.7 Å². The molecular weight excluding hydrogens is 377 g/mol. The highest BCUT2D eigenvalue weighted by Crippen LogP contribution is 2.36. The molecule has 0 aliphatic heterocycles. The van der Waals surface area contributed by atoms with E-state index in [0.29, 0.717) is 10.1 Å². The number of thiophene rings is 1. The third-order valence-corrected chi connectivity index (χ3v) is 6.22. The van der Waals surface area contributed by atoms with Gasteiger partial charge in [0.05, 0.1) is 5.02 Å². The van der Waals surface area contributed by atoms with E-state index in [1.54, 1.807) is 0 Å². The van der Waals surface area contributed by atoms with Crippen molar-refractivity contribution in [3.8, 4) is 0 Å². The number of esters is 1. The predicted octanol–water partition coefficient (Wildman–Crippen LogP) is 5.08. The Morgan fingerprint density at radius 3 is 2.62 bits per heavy atom. The highest BCUT2D eigenvalue weighted by Gasteiger charge is 2.21. The van der Waals surface area contributed by atoms with Crippen LogP contribution in [-0.2, 0) is 9.53 Å². The molecule has 0 saturated heterocycles. The molecule has 1 aliphatic carbocycles. The van der Waals surface area contributed by atoms with E-state index >= 15 is 0 Å². The van der Waals surface area contributed by atoms with Gasteiger partial charge in [-0.3, -0.25) is 4.79 Å². The first-order valence-corrected chi connectivity index (χ1v) is 10.1. The molecule has 1 N–H and O–H groups in total. The highest BCUT2D eigenvalue weighted by atomic mass is 35.5. The lowest BCUT2D eigenvalue weighted by atomic mass is 9.97. The molecule has 0 unspecified atom stereocenters. The summed E-state index contributed by atoms with van der Waals surface area (Å²) >= 11 is 7.26. The van der Waals surface area contributed by atoms with Crippen LogP contribution in [0.15, 0.2) is 18.2 Å². The lowest BCUT2D eigenvalue weighted by Crippen LogP contribution is -2.38. The number of carbonyl (C=O) groups excluding carboxylic acids is 2. The molecule has 1 aromatic carbocycles. The fourth-order valence-electron chi connectivity index (χ4n) is 3.24. The van der Waals surface area contributed by atoms with Gasteiger partial charge in [0.25, 0.3) is 5.91 Å². The number of rotatable bonds is 4. The second-order valence-corrected chi connectivity index (χ2v) is 8.00. The van der Waals surface area contributed by atoms with Crippen LogP contribution in [0.5, 0.6) is 0 Å². The summed E-state index contributed by atoms with van der Waals surface area (Å²) in [5.41, 5.74) is 0. The Labute approximate surface area is 160 Å². The van der Waals surface area contributed by atoms with Gasteiger partial charge in [-0.25, -0.2) is 9.18 Å². The van der Waals surface area contributed by atoms with Gasteiger partial charge in [-0.1, -0.05) is 43.7 Å². The molecule has 4 nitrogen and oxygen atoms in total. The molecule has 2 aromatic rings. The van der Waals surface area contributed by atoms with Crippen molar-refractivity contribution in [3.05, 3.63) is 33.9 Å². The lowest BCUT2D eigenvalue weighted by molar-refractivity contribution is -0.125. The fourth-order valence-corrected chi connectivity index (χ4v) is 4.66. The second-order valence-electron chi connectivity index (χ2n) is 6.57. The third-order valence-electron chi connectivity index (χ3n) is 4.58. The van der Waals surface area contributed by atoms with Gasteiger partial charge in [0, 0.05) is 16.1 Å². The minimum Gasteiger partial charge on any atom is -0.451 e. The van der Waals surface area contributed by atoms with Crippen molar-refractivity contribution in [2.75, 3.05) is 6.61 Å². The average molecular weight is 398 g/mol. The molecule has 1 saturated carbocycles. The van der Waals surface area contributed by atoms with Crippen molar-refractivity contribution >= 4 is 44.9 Å². The molecule has 1 heterocycles. The van der Waals surface area contributed by atoms with E-state index < -0.39 is 11.8 Å². The molecular formula is C19H21ClFNO3S. The Balaban J connectivity index is 1.56. The minimum absolute atomic E-state index is 0.150. The first-order chi connectivity index (χ1) is 12.5. The number of hydrogen-bond donors (Lipinski definition) is 1. The van der Waals surface area contributed by atoms with Crippen molar-refractivity contribution in [1.82, 2.24) is 5.32 Å². The van der Waals surface area contributed by atoms with Gasteiger partial charge in [-0.2, -0.15) is 0 Å². The first kappa shape index (κ1) is 19.1. The Morgan fingerprint density at radius 1 is 1.19 bits per heavy atom. The predicted molar refractivity (Wildman–Crippen MR) is 101 cm³/mol. The summed E-state index contributed by atoms with van der Waals surface area (Å²) in [4.78, 5) is 24.5. The largest absolute Gasteiger partial charge is 0.451 e. The maximum atomic E-state index is 13.3. The quantitative estimate of drug-likeness (QED) is 0.732. The normalized spacial score (nSPS) is 16.1. The van der Waals surface area contributed by atoms with Crippen LogP contribution in [0.1, 0.15) is 54.6 Å². The van der Waals surface area contributed by atoms with Gasteiger partial charge in [-0.05, 0) is 31.0 Å². The zero-order valence-electron chi connectivity index (χ0n) is 14.4. The topological polar surface area (TPSA) is 55.4 Å². The monoisotopic (exact) mass is 397 g/mol. The molecule has 1 aromatic heterocycles. The lowest BCUT2D eigenvalue weighted by Gasteiger charge is -2.20. The summed E-state index contributed by atoms with van der Waals surface area (Å²) in [7, 11) is 0. The molecule has 140 valence electrons. The Morgan fingerprint density at radius 2 is 1.88 bits per heavy atom. The van der Waals surface area contributed by atoms with Crippen molar-refractivity contribution in [3.63, 3.8) is 0 Å². The van der Waals surface area contributed by atoms with Crippen molar-refractivity contribution in [2.45, 2.75) is 51.0 Å². The van der Waals surface area contributed by atoms with Gasteiger partial charge in [0.2, 0.25) is 0 Å². The second kappa shape index (κ2) is 8.82. The molecule has 1 aliphatic rings. The standard InChI is InChI=1S/C19H21ClFNO3S/c20-17-14-9-8-12(21)10-15(14)26-18(17)19(24)25-11-16(23)22-13-6-4-2-1-3-5-7-13/h8-10,13H,1-7,11H2,(H,22,23). The molecule has 1 amide bonds. The number of ether oxygens (including phenoxy) is 1. The molecule has 0 spiro atoms. The Kier molecular flexibility index (Phi) is 6.48. The van der Waals surface area contributed by atoms with Crippen LogP contribution in [0.3, 0.4) is 0 Å². The van der Waals surface area contributed by atoms with Crippen LogP contribution in [0.2, 0.25) is 5.02 Å². The van der Waals surface area contributed by atoms with E-state index in [4.69, 9.17) is 16.3 Å².